The number of hydrogen-bond donors (Lipinski definition) is 2. The maximum atomic E-state index is 11.7. The number of carbonyl (C=O) groups excluding carboxylic acids is 1. The lowest BCUT2D eigenvalue weighted by Gasteiger charge is -2.14. The molecule has 1 atom stereocenters. The highest BCUT2D eigenvalue weighted by molar-refractivity contribution is 6.32. The second-order valence-electron chi connectivity index (χ2n) is 4.07. The van der Waals surface area contributed by atoms with Crippen molar-refractivity contribution in [3.8, 4) is 0 Å². The quantitative estimate of drug-likeness (QED) is 0.782. The normalized spacial score (nSPS) is 20.5. The standard InChI is InChI=1S/C11H14ClN3O2/c12-11-9(2-1-4-13-11)14-10(17)7-15-5-3-8(16)6-15/h1-2,4,8,16H,3,5-7H2,(H,14,17)/t8-/m0/s1. The summed E-state index contributed by atoms with van der Waals surface area (Å²) in [6.45, 7) is 1.56. The van der Waals surface area contributed by atoms with Crippen LogP contribution in [0, 0.1) is 0 Å². The number of nitrogens with one attached hydrogen (secondary N) is 1. The van der Waals surface area contributed by atoms with Crippen molar-refractivity contribution in [1.82, 2.24) is 9.88 Å². The molecule has 0 unspecified atom stereocenters. The zero-order valence-corrected chi connectivity index (χ0v) is 10.0. The number of aliphatic hydroxyl groups excluding tert-OH is 1. The number of nitrogens with zero attached hydrogens (tertiary/aromatic N) is 2. The Morgan fingerprint density at radius 3 is 3.18 bits per heavy atom. The Morgan fingerprint density at radius 2 is 2.53 bits per heavy atom. The maximum Gasteiger partial charge on any atom is 0.238 e. The summed E-state index contributed by atoms with van der Waals surface area (Å²) >= 11 is 5.83. The molecule has 0 radical (unpaired) electrons. The number of rotatable bonds is 3. The summed E-state index contributed by atoms with van der Waals surface area (Å²) in [4.78, 5) is 17.5. The SMILES string of the molecule is O=C(CN1CC[C@H](O)C1)Nc1cccnc1Cl. The third-order valence-corrected chi connectivity index (χ3v) is 2.95. The number of aromatic nitrogens is 1. The zero-order valence-electron chi connectivity index (χ0n) is 9.27. The van der Waals surface area contributed by atoms with Gasteiger partial charge in [0.05, 0.1) is 18.3 Å². The van der Waals surface area contributed by atoms with Crippen LogP contribution in [0.3, 0.4) is 0 Å². The molecule has 17 heavy (non-hydrogen) atoms. The minimum Gasteiger partial charge on any atom is -0.392 e. The number of β-amino-alcohol motifs (C(OH)–C–C–N with tert-alkyl or cyclic N) is 1. The number of hydrogen-bond acceptors (Lipinski definition) is 4. The van der Waals surface area contributed by atoms with E-state index in [9.17, 15) is 9.90 Å². The molecule has 2 heterocycles. The molecule has 0 spiro atoms. The van der Waals surface area contributed by atoms with Crippen molar-refractivity contribution < 1.29 is 9.90 Å². The first kappa shape index (κ1) is 12.3. The summed E-state index contributed by atoms with van der Waals surface area (Å²) in [5.41, 5.74) is 0.513. The minimum absolute atomic E-state index is 0.144. The maximum absolute atomic E-state index is 11.7. The predicted octanol–water partition coefficient (Wildman–Crippen LogP) is 0.740. The molecular weight excluding hydrogens is 242 g/mol. The lowest BCUT2D eigenvalue weighted by Crippen LogP contribution is -2.32. The van der Waals surface area contributed by atoms with Gasteiger partial charge in [-0.15, -0.1) is 0 Å². The van der Waals surface area contributed by atoms with E-state index >= 15 is 0 Å². The lowest BCUT2D eigenvalue weighted by atomic mass is 10.3. The van der Waals surface area contributed by atoms with Crippen molar-refractivity contribution >= 4 is 23.2 Å². The molecule has 6 heteroatoms. The molecule has 2 N–H and O–H groups in total. The molecule has 1 aromatic heterocycles. The van der Waals surface area contributed by atoms with Gasteiger partial charge in [-0.3, -0.25) is 9.69 Å². The first-order valence-electron chi connectivity index (χ1n) is 5.46. The van der Waals surface area contributed by atoms with E-state index in [-0.39, 0.29) is 23.7 Å². The summed E-state index contributed by atoms with van der Waals surface area (Å²) in [5, 5.41) is 12.3. The van der Waals surface area contributed by atoms with Crippen molar-refractivity contribution in [2.75, 3.05) is 25.0 Å². The molecule has 1 aliphatic rings. The molecule has 0 aliphatic carbocycles. The summed E-state index contributed by atoms with van der Waals surface area (Å²) in [6, 6.07) is 3.41. The number of halogens is 1. The van der Waals surface area contributed by atoms with Gasteiger partial charge >= 0.3 is 0 Å². The molecule has 1 fully saturated rings. The molecule has 1 aliphatic heterocycles. The van der Waals surface area contributed by atoms with Crippen LogP contribution in [0.15, 0.2) is 18.3 Å². The third-order valence-electron chi connectivity index (χ3n) is 2.65. The van der Waals surface area contributed by atoms with Crippen LogP contribution in [0.5, 0.6) is 0 Å². The van der Waals surface area contributed by atoms with E-state index in [1.165, 1.54) is 0 Å². The Bertz CT molecular complexity index is 413. The van der Waals surface area contributed by atoms with E-state index in [1.807, 2.05) is 4.90 Å². The third kappa shape index (κ3) is 3.39. The Balaban J connectivity index is 1.87. The van der Waals surface area contributed by atoms with Gasteiger partial charge in [-0.25, -0.2) is 4.98 Å². The number of amides is 1. The van der Waals surface area contributed by atoms with Crippen molar-refractivity contribution in [3.05, 3.63) is 23.5 Å². The molecule has 1 amide bonds. The molecular formula is C11H14ClN3O2. The molecule has 1 aromatic rings. The molecule has 1 saturated heterocycles. The monoisotopic (exact) mass is 255 g/mol. The number of carbonyl (C=O) groups is 1. The van der Waals surface area contributed by atoms with Gasteiger partial charge in [0.1, 0.15) is 0 Å². The Kier molecular flexibility index (Phi) is 3.93. The number of aliphatic hydroxyl groups is 1. The highest BCUT2D eigenvalue weighted by Gasteiger charge is 2.22. The van der Waals surface area contributed by atoms with Crippen LogP contribution in [0.2, 0.25) is 5.15 Å². The van der Waals surface area contributed by atoms with Crippen LogP contribution in [-0.2, 0) is 4.79 Å². The summed E-state index contributed by atoms with van der Waals surface area (Å²) < 4.78 is 0. The molecule has 0 saturated carbocycles. The van der Waals surface area contributed by atoms with Gasteiger partial charge in [0.25, 0.3) is 0 Å². The van der Waals surface area contributed by atoms with Crippen LogP contribution < -0.4 is 5.32 Å². The highest BCUT2D eigenvalue weighted by atomic mass is 35.5. The fourth-order valence-electron chi connectivity index (χ4n) is 1.83. The van der Waals surface area contributed by atoms with E-state index in [0.29, 0.717) is 12.2 Å². The van der Waals surface area contributed by atoms with Gasteiger partial charge in [-0.05, 0) is 18.6 Å². The van der Waals surface area contributed by atoms with Gasteiger partial charge < -0.3 is 10.4 Å². The molecule has 2 rings (SSSR count). The molecule has 92 valence electrons. The fraction of sp³-hybridized carbons (Fsp3) is 0.455. The Hall–Kier alpha value is -1.17. The van der Waals surface area contributed by atoms with Gasteiger partial charge in [0.15, 0.2) is 5.15 Å². The molecule has 0 bridgehead atoms. The summed E-state index contributed by atoms with van der Waals surface area (Å²) in [7, 11) is 0. The van der Waals surface area contributed by atoms with Gasteiger partial charge in [-0.1, -0.05) is 11.6 Å². The van der Waals surface area contributed by atoms with Gasteiger partial charge in [0.2, 0.25) is 5.91 Å². The van der Waals surface area contributed by atoms with Crippen LogP contribution in [0.1, 0.15) is 6.42 Å². The number of likely N-dealkylation sites (tertiary alicyclic amines) is 1. The summed E-state index contributed by atoms with van der Waals surface area (Å²) in [5.74, 6) is -0.144. The van der Waals surface area contributed by atoms with Crippen LogP contribution >= 0.6 is 11.6 Å². The van der Waals surface area contributed by atoms with E-state index < -0.39 is 0 Å². The predicted molar refractivity (Wildman–Crippen MR) is 64.9 cm³/mol. The minimum atomic E-state index is -0.315. The van der Waals surface area contributed by atoms with Crippen molar-refractivity contribution in [1.29, 1.82) is 0 Å². The van der Waals surface area contributed by atoms with Crippen molar-refractivity contribution in [3.63, 3.8) is 0 Å². The van der Waals surface area contributed by atoms with Crippen molar-refractivity contribution in [2.45, 2.75) is 12.5 Å². The van der Waals surface area contributed by atoms with E-state index in [4.69, 9.17) is 11.6 Å². The van der Waals surface area contributed by atoms with Crippen LogP contribution in [0.25, 0.3) is 0 Å². The summed E-state index contributed by atoms with van der Waals surface area (Å²) in [6.07, 6.45) is 1.97. The average molecular weight is 256 g/mol. The second kappa shape index (κ2) is 5.44. The highest BCUT2D eigenvalue weighted by Crippen LogP contribution is 2.17. The first-order chi connectivity index (χ1) is 8.15. The van der Waals surface area contributed by atoms with E-state index in [2.05, 4.69) is 10.3 Å². The molecule has 0 aromatic carbocycles. The number of anilines is 1. The Labute approximate surface area is 104 Å². The first-order valence-corrected chi connectivity index (χ1v) is 5.84. The van der Waals surface area contributed by atoms with Gasteiger partial charge in [-0.2, -0.15) is 0 Å². The van der Waals surface area contributed by atoms with E-state index in [0.717, 1.165) is 13.0 Å². The molecule has 5 nitrogen and oxygen atoms in total. The van der Waals surface area contributed by atoms with Crippen molar-refractivity contribution in [2.24, 2.45) is 0 Å². The van der Waals surface area contributed by atoms with E-state index in [1.54, 1.807) is 18.3 Å². The lowest BCUT2D eigenvalue weighted by molar-refractivity contribution is -0.117. The fourth-order valence-corrected chi connectivity index (χ4v) is 1.99. The van der Waals surface area contributed by atoms with Gasteiger partial charge in [0, 0.05) is 19.3 Å². The largest absolute Gasteiger partial charge is 0.392 e. The Morgan fingerprint density at radius 1 is 1.71 bits per heavy atom. The van der Waals surface area contributed by atoms with Crippen LogP contribution in [-0.4, -0.2) is 46.6 Å². The topological polar surface area (TPSA) is 65.5 Å². The smallest absolute Gasteiger partial charge is 0.238 e. The van der Waals surface area contributed by atoms with Crippen LogP contribution in [0.4, 0.5) is 5.69 Å². The second-order valence-corrected chi connectivity index (χ2v) is 4.43. The number of pyridine rings is 1. The zero-order chi connectivity index (χ0) is 12.3. The average Bonchev–Trinajstić information content (AvgIpc) is 2.67.